The molecule has 0 atom stereocenters. The van der Waals surface area contributed by atoms with Gasteiger partial charge in [0, 0.05) is 0 Å². The van der Waals surface area contributed by atoms with E-state index in [-0.39, 0.29) is 27.1 Å². The number of sulfonamides is 1. The Kier molecular flexibility index (Phi) is 7.57. The summed E-state index contributed by atoms with van der Waals surface area (Å²) in [5.41, 5.74) is 3.94. The molecule has 0 heterocycles. The quantitative estimate of drug-likeness (QED) is 0.372. The minimum absolute atomic E-state index is 0.0282. The monoisotopic (exact) mass is 487 g/mol. The van der Waals surface area contributed by atoms with Gasteiger partial charge in [-0.3, -0.25) is 9.10 Å². The first kappa shape index (κ1) is 24.1. The largest absolute Gasteiger partial charge is 0.504 e. The summed E-state index contributed by atoms with van der Waals surface area (Å²) in [6.07, 6.45) is 1.34. The number of nitrogens with zero attached hydrogens (tertiary/aromatic N) is 2. The standard InChI is InChI=1S/C23H22ClN3O5S/c1-16-7-10-18(11-8-16)33(30,31)27(20-6-4-3-5-19(20)24)15-23(29)26-25-14-17-9-12-21(28)22(13-17)32-2/h3-14,28H,15H2,1-2H3,(H,26,29)/b25-14-. The van der Waals surface area contributed by atoms with Crippen molar-refractivity contribution in [2.45, 2.75) is 11.8 Å². The molecule has 8 nitrogen and oxygen atoms in total. The molecule has 0 fully saturated rings. The average Bonchev–Trinajstić information content (AvgIpc) is 2.79. The smallest absolute Gasteiger partial charge is 0.264 e. The number of aryl methyl sites for hydroxylation is 1. The van der Waals surface area contributed by atoms with Crippen LogP contribution in [0.3, 0.4) is 0 Å². The number of aromatic hydroxyl groups is 1. The molecule has 0 aliphatic rings. The van der Waals surface area contributed by atoms with Crippen LogP contribution in [0, 0.1) is 6.92 Å². The first-order chi connectivity index (χ1) is 15.7. The summed E-state index contributed by atoms with van der Waals surface area (Å²) in [6, 6.07) is 17.2. The number of hydrazone groups is 1. The lowest BCUT2D eigenvalue weighted by Gasteiger charge is -2.24. The van der Waals surface area contributed by atoms with E-state index in [1.54, 1.807) is 36.4 Å². The molecule has 0 unspecified atom stereocenters. The minimum Gasteiger partial charge on any atom is -0.504 e. The number of ether oxygens (including phenoxy) is 1. The van der Waals surface area contributed by atoms with E-state index >= 15 is 0 Å². The lowest BCUT2D eigenvalue weighted by atomic mass is 10.2. The number of nitrogens with one attached hydrogen (secondary N) is 1. The molecular formula is C23H22ClN3O5S. The number of rotatable bonds is 8. The van der Waals surface area contributed by atoms with E-state index < -0.39 is 22.5 Å². The second-order valence-corrected chi connectivity index (χ2v) is 9.27. The number of amides is 1. The zero-order valence-electron chi connectivity index (χ0n) is 17.9. The van der Waals surface area contributed by atoms with Crippen LogP contribution >= 0.6 is 11.6 Å². The average molecular weight is 488 g/mol. The van der Waals surface area contributed by atoms with Crippen molar-refractivity contribution in [2.75, 3.05) is 18.0 Å². The number of hydrogen-bond donors (Lipinski definition) is 2. The van der Waals surface area contributed by atoms with Gasteiger partial charge in [-0.2, -0.15) is 5.10 Å². The maximum absolute atomic E-state index is 13.3. The van der Waals surface area contributed by atoms with E-state index in [1.807, 2.05) is 6.92 Å². The number of carbonyl (C=O) groups is 1. The second-order valence-electron chi connectivity index (χ2n) is 7.00. The first-order valence-corrected chi connectivity index (χ1v) is 11.6. The fraction of sp³-hybridized carbons (Fsp3) is 0.130. The van der Waals surface area contributed by atoms with Crippen molar-refractivity contribution in [3.8, 4) is 11.5 Å². The lowest BCUT2D eigenvalue weighted by Crippen LogP contribution is -2.39. The number of phenols is 1. The van der Waals surface area contributed by atoms with Gasteiger partial charge in [-0.15, -0.1) is 0 Å². The maximum atomic E-state index is 13.3. The Hall–Kier alpha value is -3.56. The van der Waals surface area contributed by atoms with Gasteiger partial charge in [0.05, 0.1) is 28.9 Å². The zero-order chi connectivity index (χ0) is 24.0. The molecule has 0 aliphatic carbocycles. The molecule has 10 heteroatoms. The highest BCUT2D eigenvalue weighted by Gasteiger charge is 2.28. The molecule has 0 aliphatic heterocycles. The highest BCUT2D eigenvalue weighted by atomic mass is 35.5. The third-order valence-corrected chi connectivity index (χ3v) is 6.72. The van der Waals surface area contributed by atoms with Crippen LogP contribution in [0.25, 0.3) is 0 Å². The number of methoxy groups -OCH3 is 1. The van der Waals surface area contributed by atoms with Gasteiger partial charge in [0.15, 0.2) is 11.5 Å². The van der Waals surface area contributed by atoms with Crippen molar-refractivity contribution in [1.82, 2.24) is 5.43 Å². The molecule has 1 amide bonds. The molecule has 3 aromatic rings. The van der Waals surface area contributed by atoms with E-state index in [0.29, 0.717) is 5.56 Å². The van der Waals surface area contributed by atoms with Gasteiger partial charge in [-0.25, -0.2) is 13.8 Å². The second kappa shape index (κ2) is 10.4. The van der Waals surface area contributed by atoms with Crippen molar-refractivity contribution in [3.05, 3.63) is 82.9 Å². The van der Waals surface area contributed by atoms with Crippen LogP contribution in [0.4, 0.5) is 5.69 Å². The van der Waals surface area contributed by atoms with E-state index in [0.717, 1.165) is 9.87 Å². The maximum Gasteiger partial charge on any atom is 0.264 e. The predicted octanol–water partition coefficient (Wildman–Crippen LogP) is 3.71. The molecule has 0 saturated heterocycles. The molecule has 0 radical (unpaired) electrons. The van der Waals surface area contributed by atoms with Crippen molar-refractivity contribution in [3.63, 3.8) is 0 Å². The van der Waals surface area contributed by atoms with Crippen LogP contribution in [-0.4, -0.2) is 39.3 Å². The third-order valence-electron chi connectivity index (χ3n) is 4.62. The number of benzene rings is 3. The summed E-state index contributed by atoms with van der Waals surface area (Å²) >= 11 is 6.25. The van der Waals surface area contributed by atoms with Crippen LogP contribution in [0.2, 0.25) is 5.02 Å². The number of para-hydroxylation sites is 1. The Bertz CT molecular complexity index is 1280. The minimum atomic E-state index is -4.09. The molecule has 0 aromatic heterocycles. The Morgan fingerprint density at radius 1 is 1.15 bits per heavy atom. The van der Waals surface area contributed by atoms with E-state index in [1.165, 1.54) is 43.7 Å². The van der Waals surface area contributed by atoms with Crippen molar-refractivity contribution in [1.29, 1.82) is 0 Å². The number of halogens is 1. The van der Waals surface area contributed by atoms with Crippen molar-refractivity contribution >= 4 is 39.4 Å². The van der Waals surface area contributed by atoms with Crippen molar-refractivity contribution < 1.29 is 23.1 Å². The van der Waals surface area contributed by atoms with Crippen LogP contribution in [0.5, 0.6) is 11.5 Å². The summed E-state index contributed by atoms with van der Waals surface area (Å²) in [5.74, 6) is -0.456. The normalized spacial score (nSPS) is 11.4. The molecule has 3 rings (SSSR count). The fourth-order valence-corrected chi connectivity index (χ4v) is 4.64. The number of carbonyl (C=O) groups excluding carboxylic acids is 1. The summed E-state index contributed by atoms with van der Waals surface area (Å²) in [7, 11) is -2.68. The third kappa shape index (κ3) is 5.82. The molecule has 0 spiro atoms. The highest BCUT2D eigenvalue weighted by molar-refractivity contribution is 7.92. The van der Waals surface area contributed by atoms with Crippen LogP contribution in [0.1, 0.15) is 11.1 Å². The summed E-state index contributed by atoms with van der Waals surface area (Å²) in [5, 5.41) is 13.7. The summed E-state index contributed by atoms with van der Waals surface area (Å²) in [4.78, 5) is 12.6. The summed E-state index contributed by atoms with van der Waals surface area (Å²) in [6.45, 7) is 1.30. The Morgan fingerprint density at radius 2 is 1.85 bits per heavy atom. The lowest BCUT2D eigenvalue weighted by molar-refractivity contribution is -0.119. The summed E-state index contributed by atoms with van der Waals surface area (Å²) < 4.78 is 32.6. The molecule has 0 saturated carbocycles. The van der Waals surface area contributed by atoms with E-state index in [4.69, 9.17) is 16.3 Å². The Labute approximate surface area is 197 Å². The Balaban J connectivity index is 1.84. The van der Waals surface area contributed by atoms with Gasteiger partial charge in [0.2, 0.25) is 0 Å². The number of hydrogen-bond acceptors (Lipinski definition) is 6. The topological polar surface area (TPSA) is 108 Å². The van der Waals surface area contributed by atoms with Gasteiger partial charge in [-0.05, 0) is 55.0 Å². The van der Waals surface area contributed by atoms with Gasteiger partial charge in [0.25, 0.3) is 15.9 Å². The van der Waals surface area contributed by atoms with Crippen molar-refractivity contribution in [2.24, 2.45) is 5.10 Å². The SMILES string of the molecule is COc1cc(/C=N\NC(=O)CN(c2ccccc2Cl)S(=O)(=O)c2ccc(C)cc2)ccc1O. The van der Waals surface area contributed by atoms with Gasteiger partial charge in [-0.1, -0.05) is 41.4 Å². The molecule has 33 heavy (non-hydrogen) atoms. The molecule has 3 aromatic carbocycles. The Morgan fingerprint density at radius 3 is 2.52 bits per heavy atom. The predicted molar refractivity (Wildman–Crippen MR) is 128 cm³/mol. The first-order valence-electron chi connectivity index (χ1n) is 9.75. The van der Waals surface area contributed by atoms with Gasteiger partial charge >= 0.3 is 0 Å². The molecule has 0 bridgehead atoms. The van der Waals surface area contributed by atoms with Crippen LogP contribution < -0.4 is 14.5 Å². The number of anilines is 1. The number of phenolic OH excluding ortho intramolecular Hbond substituents is 1. The van der Waals surface area contributed by atoms with Gasteiger partial charge < -0.3 is 9.84 Å². The highest BCUT2D eigenvalue weighted by Crippen LogP contribution is 2.30. The molecule has 172 valence electrons. The van der Waals surface area contributed by atoms with Crippen LogP contribution in [0.15, 0.2) is 76.7 Å². The van der Waals surface area contributed by atoms with Gasteiger partial charge in [0.1, 0.15) is 6.54 Å². The fourth-order valence-electron chi connectivity index (χ4n) is 2.91. The van der Waals surface area contributed by atoms with Crippen LogP contribution in [-0.2, 0) is 14.8 Å². The van der Waals surface area contributed by atoms with E-state index in [9.17, 15) is 18.3 Å². The molecule has 2 N–H and O–H groups in total. The van der Waals surface area contributed by atoms with E-state index in [2.05, 4.69) is 10.5 Å². The zero-order valence-corrected chi connectivity index (χ0v) is 19.5. The molecular weight excluding hydrogens is 466 g/mol.